The van der Waals surface area contributed by atoms with Crippen LogP contribution in [-0.2, 0) is 4.79 Å². The smallest absolute Gasteiger partial charge is 0.303 e. The van der Waals surface area contributed by atoms with Gasteiger partial charge < -0.3 is 14.7 Å². The molecule has 6 nitrogen and oxygen atoms in total. The molecule has 0 saturated carbocycles. The van der Waals surface area contributed by atoms with Crippen LogP contribution < -0.4 is 9.64 Å². The van der Waals surface area contributed by atoms with Crippen LogP contribution in [0.15, 0.2) is 36.5 Å². The summed E-state index contributed by atoms with van der Waals surface area (Å²) in [5.74, 6) is -0.520. The minimum absolute atomic E-state index is 0.0273. The Morgan fingerprint density at radius 2 is 2.17 bits per heavy atom. The number of anilines is 1. The number of amides is 1. The molecule has 0 spiro atoms. The predicted molar refractivity (Wildman–Crippen MR) is 84.3 cm³/mol. The van der Waals surface area contributed by atoms with Crippen LogP contribution in [-0.4, -0.2) is 28.5 Å². The van der Waals surface area contributed by atoms with Gasteiger partial charge in [-0.2, -0.15) is 0 Å². The van der Waals surface area contributed by atoms with E-state index in [2.05, 4.69) is 4.98 Å². The Morgan fingerprint density at radius 1 is 1.35 bits per heavy atom. The number of ether oxygens (including phenoxy) is 1. The second-order valence-corrected chi connectivity index (χ2v) is 5.46. The topological polar surface area (TPSA) is 79.7 Å². The summed E-state index contributed by atoms with van der Waals surface area (Å²) < 4.78 is 5.74. The average Bonchev–Trinajstić information content (AvgIpc) is 2.63. The lowest BCUT2D eigenvalue weighted by Crippen LogP contribution is -2.31. The Morgan fingerprint density at radius 3 is 2.96 bits per heavy atom. The molecule has 3 rings (SSSR count). The number of nitrogens with zero attached hydrogens (tertiary/aromatic N) is 2. The molecule has 23 heavy (non-hydrogen) atoms. The van der Waals surface area contributed by atoms with E-state index in [1.807, 2.05) is 0 Å². The van der Waals surface area contributed by atoms with E-state index in [9.17, 15) is 9.59 Å². The van der Waals surface area contributed by atoms with Crippen LogP contribution in [0.5, 0.6) is 11.6 Å². The molecule has 0 bridgehead atoms. The van der Waals surface area contributed by atoms with Gasteiger partial charge in [0.15, 0.2) is 5.75 Å². The van der Waals surface area contributed by atoms with Crippen molar-refractivity contribution in [2.75, 3.05) is 11.4 Å². The van der Waals surface area contributed by atoms with Crippen molar-refractivity contribution in [3.63, 3.8) is 0 Å². The Kier molecular flexibility index (Phi) is 4.16. The SMILES string of the molecule is O=C(O)CCCN1C(=O)c2cccnc2Oc2ccc(Cl)cc21. The molecular weight excluding hydrogens is 320 g/mol. The van der Waals surface area contributed by atoms with Crippen LogP contribution in [0.3, 0.4) is 0 Å². The van der Waals surface area contributed by atoms with Crippen LogP contribution in [0.2, 0.25) is 5.02 Å². The fraction of sp³-hybridized carbons (Fsp3) is 0.188. The maximum absolute atomic E-state index is 12.8. The Balaban J connectivity index is 2.03. The standard InChI is InChI=1S/C16H13ClN2O4/c17-10-5-6-13-12(9-10)19(8-2-4-14(20)21)16(22)11-3-1-7-18-15(11)23-13/h1,3,5-7,9H,2,4,8H2,(H,20,21). The summed E-state index contributed by atoms with van der Waals surface area (Å²) in [4.78, 5) is 29.1. The lowest BCUT2D eigenvalue weighted by Gasteiger charge is -2.21. The van der Waals surface area contributed by atoms with E-state index in [4.69, 9.17) is 21.4 Å². The Labute approximate surface area is 137 Å². The van der Waals surface area contributed by atoms with Gasteiger partial charge in [-0.25, -0.2) is 4.98 Å². The average molecular weight is 333 g/mol. The second kappa shape index (κ2) is 6.26. The highest BCUT2D eigenvalue weighted by Gasteiger charge is 2.28. The molecular formula is C16H13ClN2O4. The van der Waals surface area contributed by atoms with Crippen molar-refractivity contribution in [1.29, 1.82) is 0 Å². The summed E-state index contributed by atoms with van der Waals surface area (Å²) in [7, 11) is 0. The molecule has 1 amide bonds. The summed E-state index contributed by atoms with van der Waals surface area (Å²) in [6.45, 7) is 0.246. The van der Waals surface area contributed by atoms with E-state index in [0.717, 1.165) is 0 Å². The summed E-state index contributed by atoms with van der Waals surface area (Å²) >= 11 is 6.04. The molecule has 2 heterocycles. The molecule has 0 atom stereocenters. The molecule has 0 aliphatic carbocycles. The minimum Gasteiger partial charge on any atom is -0.481 e. The molecule has 1 aromatic carbocycles. The zero-order chi connectivity index (χ0) is 16.4. The van der Waals surface area contributed by atoms with Crippen LogP contribution in [0.4, 0.5) is 5.69 Å². The van der Waals surface area contributed by atoms with Gasteiger partial charge in [0.25, 0.3) is 5.91 Å². The van der Waals surface area contributed by atoms with Gasteiger partial charge in [-0.3, -0.25) is 9.59 Å². The monoisotopic (exact) mass is 332 g/mol. The highest BCUT2D eigenvalue weighted by molar-refractivity contribution is 6.31. The molecule has 0 unspecified atom stereocenters. The number of fused-ring (bicyclic) bond motifs is 2. The van der Waals surface area contributed by atoms with E-state index < -0.39 is 5.97 Å². The van der Waals surface area contributed by atoms with Gasteiger partial charge in [0, 0.05) is 24.2 Å². The minimum atomic E-state index is -0.906. The molecule has 118 valence electrons. The van der Waals surface area contributed by atoms with Gasteiger partial charge in [0.1, 0.15) is 5.56 Å². The first kappa shape index (κ1) is 15.3. The normalized spacial score (nSPS) is 12.9. The third-order valence-electron chi connectivity index (χ3n) is 3.44. The van der Waals surface area contributed by atoms with E-state index in [1.54, 1.807) is 36.5 Å². The predicted octanol–water partition coefficient (Wildman–Crippen LogP) is 3.35. The number of hydrogen-bond donors (Lipinski definition) is 1. The number of aromatic nitrogens is 1. The third-order valence-corrected chi connectivity index (χ3v) is 3.67. The first-order chi connectivity index (χ1) is 11.1. The molecule has 1 aliphatic heterocycles. The molecule has 2 aromatic rings. The zero-order valence-corrected chi connectivity index (χ0v) is 12.8. The Bertz CT molecular complexity index is 778. The van der Waals surface area contributed by atoms with Crippen LogP contribution in [0, 0.1) is 0 Å². The molecule has 0 fully saturated rings. The summed E-state index contributed by atoms with van der Waals surface area (Å²) in [6, 6.07) is 8.23. The number of halogens is 1. The van der Waals surface area contributed by atoms with Crippen molar-refractivity contribution in [3.05, 3.63) is 47.1 Å². The lowest BCUT2D eigenvalue weighted by atomic mass is 10.2. The maximum atomic E-state index is 12.8. The first-order valence-corrected chi connectivity index (χ1v) is 7.40. The van der Waals surface area contributed by atoms with Crippen LogP contribution in [0.1, 0.15) is 23.2 Å². The van der Waals surface area contributed by atoms with Gasteiger partial charge in [0.05, 0.1) is 5.69 Å². The second-order valence-electron chi connectivity index (χ2n) is 5.02. The third kappa shape index (κ3) is 3.12. The van der Waals surface area contributed by atoms with E-state index in [0.29, 0.717) is 28.4 Å². The largest absolute Gasteiger partial charge is 0.481 e. The van der Waals surface area contributed by atoms with E-state index in [-0.39, 0.29) is 24.8 Å². The van der Waals surface area contributed by atoms with Gasteiger partial charge >= 0.3 is 5.97 Å². The number of carbonyl (C=O) groups excluding carboxylic acids is 1. The molecule has 1 aliphatic rings. The van der Waals surface area contributed by atoms with Crippen LogP contribution in [0.25, 0.3) is 0 Å². The highest BCUT2D eigenvalue weighted by Crippen LogP contribution is 2.39. The number of hydrogen-bond acceptors (Lipinski definition) is 4. The van der Waals surface area contributed by atoms with Gasteiger partial charge in [-0.1, -0.05) is 11.6 Å². The summed E-state index contributed by atoms with van der Waals surface area (Å²) in [5.41, 5.74) is 0.834. The fourth-order valence-corrected chi connectivity index (χ4v) is 2.56. The number of benzene rings is 1. The molecule has 0 saturated heterocycles. The number of rotatable bonds is 4. The molecule has 1 aromatic heterocycles. The van der Waals surface area contributed by atoms with Gasteiger partial charge in [-0.15, -0.1) is 0 Å². The molecule has 0 radical (unpaired) electrons. The van der Waals surface area contributed by atoms with Crippen molar-refractivity contribution in [3.8, 4) is 11.6 Å². The highest BCUT2D eigenvalue weighted by atomic mass is 35.5. The van der Waals surface area contributed by atoms with Crippen LogP contribution >= 0.6 is 11.6 Å². The van der Waals surface area contributed by atoms with Crippen molar-refractivity contribution >= 4 is 29.2 Å². The van der Waals surface area contributed by atoms with E-state index >= 15 is 0 Å². The summed E-state index contributed by atoms with van der Waals surface area (Å²) in [6.07, 6.45) is 1.84. The number of carboxylic acids is 1. The fourth-order valence-electron chi connectivity index (χ4n) is 2.39. The maximum Gasteiger partial charge on any atom is 0.303 e. The van der Waals surface area contributed by atoms with Crippen molar-refractivity contribution in [2.24, 2.45) is 0 Å². The number of pyridine rings is 1. The van der Waals surface area contributed by atoms with Gasteiger partial charge in [-0.05, 0) is 36.8 Å². The van der Waals surface area contributed by atoms with Crippen molar-refractivity contribution in [2.45, 2.75) is 12.8 Å². The number of aliphatic carboxylic acids is 1. The Hall–Kier alpha value is -2.60. The zero-order valence-electron chi connectivity index (χ0n) is 12.0. The summed E-state index contributed by atoms with van der Waals surface area (Å²) in [5, 5.41) is 9.26. The van der Waals surface area contributed by atoms with Gasteiger partial charge in [0.2, 0.25) is 5.88 Å². The quantitative estimate of drug-likeness (QED) is 0.928. The number of carbonyl (C=O) groups is 2. The lowest BCUT2D eigenvalue weighted by molar-refractivity contribution is -0.137. The molecule has 7 heteroatoms. The molecule has 1 N–H and O–H groups in total. The number of carboxylic acid groups (broad SMARTS) is 1. The van der Waals surface area contributed by atoms with Crippen molar-refractivity contribution < 1.29 is 19.4 Å². The first-order valence-electron chi connectivity index (χ1n) is 7.02. The van der Waals surface area contributed by atoms with Crippen molar-refractivity contribution in [1.82, 2.24) is 4.98 Å². The van der Waals surface area contributed by atoms with E-state index in [1.165, 1.54) is 4.90 Å².